The lowest BCUT2D eigenvalue weighted by Crippen LogP contribution is -2.32. The zero-order valence-corrected chi connectivity index (χ0v) is 13.7. The van der Waals surface area contributed by atoms with Crippen molar-refractivity contribution in [2.75, 3.05) is 5.88 Å². The summed E-state index contributed by atoms with van der Waals surface area (Å²) >= 11 is 5.89. The summed E-state index contributed by atoms with van der Waals surface area (Å²) in [7, 11) is 1.86. The molecule has 21 heavy (non-hydrogen) atoms. The third-order valence-corrected chi connectivity index (χ3v) is 3.85. The molecular weight excluding hydrogens is 290 g/mol. The number of carbonyl (C=O) groups excluding carboxylic acids is 1. The lowest BCUT2D eigenvalue weighted by Gasteiger charge is -2.22. The van der Waals surface area contributed by atoms with Gasteiger partial charge in [0.1, 0.15) is 17.4 Å². The molecule has 1 atom stereocenters. The van der Waals surface area contributed by atoms with Crippen molar-refractivity contribution < 1.29 is 4.79 Å². The first-order chi connectivity index (χ1) is 9.92. The predicted molar refractivity (Wildman–Crippen MR) is 83.4 cm³/mol. The van der Waals surface area contributed by atoms with Gasteiger partial charge in [-0.25, -0.2) is 4.98 Å². The van der Waals surface area contributed by atoms with E-state index >= 15 is 0 Å². The van der Waals surface area contributed by atoms with Crippen molar-refractivity contribution in [1.82, 2.24) is 19.3 Å². The van der Waals surface area contributed by atoms with Gasteiger partial charge < -0.3 is 5.73 Å². The highest BCUT2D eigenvalue weighted by Gasteiger charge is 2.29. The quantitative estimate of drug-likeness (QED) is 0.826. The number of imidazole rings is 1. The first kappa shape index (κ1) is 15.8. The van der Waals surface area contributed by atoms with Crippen molar-refractivity contribution in [2.24, 2.45) is 18.7 Å². The SMILES string of the molecule is CCc1nn(C)c2c1nc(CCCl)n2C(C(N)=O)C(C)C. The number of rotatable bonds is 6. The van der Waals surface area contributed by atoms with Crippen LogP contribution in [0.1, 0.15) is 38.3 Å². The fourth-order valence-electron chi connectivity index (χ4n) is 2.79. The summed E-state index contributed by atoms with van der Waals surface area (Å²) in [6, 6.07) is -0.451. The summed E-state index contributed by atoms with van der Waals surface area (Å²) in [4.78, 5) is 16.6. The number of nitrogens with zero attached hydrogens (tertiary/aromatic N) is 4. The molecule has 0 aliphatic heterocycles. The smallest absolute Gasteiger partial charge is 0.240 e. The molecule has 0 saturated carbocycles. The molecule has 1 amide bonds. The molecule has 0 aliphatic rings. The maximum Gasteiger partial charge on any atom is 0.240 e. The fourth-order valence-corrected chi connectivity index (χ4v) is 2.96. The van der Waals surface area contributed by atoms with Crippen LogP contribution in [0.5, 0.6) is 0 Å². The van der Waals surface area contributed by atoms with Crippen LogP contribution in [0.4, 0.5) is 0 Å². The van der Waals surface area contributed by atoms with E-state index in [0.29, 0.717) is 12.3 Å². The minimum atomic E-state index is -0.451. The van der Waals surface area contributed by atoms with Gasteiger partial charge in [-0.1, -0.05) is 20.8 Å². The molecule has 0 aliphatic carbocycles. The molecule has 116 valence electrons. The lowest BCUT2D eigenvalue weighted by atomic mass is 10.0. The summed E-state index contributed by atoms with van der Waals surface area (Å²) in [5, 5.41) is 4.48. The molecule has 2 aromatic heterocycles. The summed E-state index contributed by atoms with van der Waals surface area (Å²) in [5.41, 5.74) is 8.23. The average Bonchev–Trinajstić information content (AvgIpc) is 2.89. The Hall–Kier alpha value is -1.56. The van der Waals surface area contributed by atoms with Crippen LogP contribution in [0.3, 0.4) is 0 Å². The van der Waals surface area contributed by atoms with Gasteiger partial charge in [0.05, 0.1) is 5.69 Å². The van der Waals surface area contributed by atoms with Crippen LogP contribution in [0.15, 0.2) is 0 Å². The highest BCUT2D eigenvalue weighted by atomic mass is 35.5. The average molecular weight is 312 g/mol. The topological polar surface area (TPSA) is 78.7 Å². The maximum absolute atomic E-state index is 11.9. The molecular formula is C14H22ClN5O. The van der Waals surface area contributed by atoms with Gasteiger partial charge in [0, 0.05) is 19.3 Å². The number of hydrogen-bond acceptors (Lipinski definition) is 3. The number of nitrogens with two attached hydrogens (primary N) is 1. The van der Waals surface area contributed by atoms with E-state index in [2.05, 4.69) is 10.1 Å². The van der Waals surface area contributed by atoms with Gasteiger partial charge >= 0.3 is 0 Å². The molecule has 7 heteroatoms. The fraction of sp³-hybridized carbons (Fsp3) is 0.643. The standard InChI is InChI=1S/C14H22ClN5O/c1-5-9-11-14(19(4)18-9)20(10(17-11)6-7-15)12(8(2)3)13(16)21/h8,12H,5-7H2,1-4H3,(H2,16,21). The van der Waals surface area contributed by atoms with Crippen LogP contribution in [0.2, 0.25) is 0 Å². The maximum atomic E-state index is 11.9. The number of carbonyl (C=O) groups is 1. The zero-order chi connectivity index (χ0) is 15.7. The van der Waals surface area contributed by atoms with E-state index in [9.17, 15) is 4.79 Å². The Labute approximate surface area is 129 Å². The molecule has 2 N–H and O–H groups in total. The number of alkyl halides is 1. The first-order valence-electron chi connectivity index (χ1n) is 7.20. The molecule has 0 spiro atoms. The summed E-state index contributed by atoms with van der Waals surface area (Å²) in [6.45, 7) is 5.99. The third-order valence-electron chi connectivity index (χ3n) is 3.66. The number of primary amides is 1. The molecule has 0 bridgehead atoms. The Bertz CT molecular complexity index is 658. The minimum absolute atomic E-state index is 0.0638. The van der Waals surface area contributed by atoms with Gasteiger partial charge in [0.25, 0.3) is 0 Å². The van der Waals surface area contributed by atoms with Crippen LogP contribution in [-0.2, 0) is 24.7 Å². The van der Waals surface area contributed by atoms with Crippen LogP contribution < -0.4 is 5.73 Å². The van der Waals surface area contributed by atoms with E-state index in [1.165, 1.54) is 0 Å². The third kappa shape index (κ3) is 2.64. The molecule has 2 heterocycles. The van der Waals surface area contributed by atoms with E-state index < -0.39 is 6.04 Å². The van der Waals surface area contributed by atoms with Crippen LogP contribution in [-0.4, -0.2) is 31.1 Å². The molecule has 2 rings (SSSR count). The van der Waals surface area contributed by atoms with Crippen molar-refractivity contribution in [3.05, 3.63) is 11.5 Å². The molecule has 0 fully saturated rings. The van der Waals surface area contributed by atoms with Gasteiger partial charge in [-0.05, 0) is 12.3 Å². The molecule has 0 radical (unpaired) electrons. The second kappa shape index (κ2) is 6.05. The van der Waals surface area contributed by atoms with Crippen molar-refractivity contribution in [1.29, 1.82) is 0 Å². The normalized spacial score (nSPS) is 13.2. The highest BCUT2D eigenvalue weighted by Crippen LogP contribution is 2.28. The van der Waals surface area contributed by atoms with E-state index in [-0.39, 0.29) is 11.8 Å². The second-order valence-electron chi connectivity index (χ2n) is 5.52. The Morgan fingerprint density at radius 2 is 2.10 bits per heavy atom. The molecule has 1 unspecified atom stereocenters. The summed E-state index contributed by atoms with van der Waals surface area (Å²) in [6.07, 6.45) is 1.38. The van der Waals surface area contributed by atoms with Gasteiger partial charge in [0.2, 0.25) is 5.91 Å². The Balaban J connectivity index is 2.76. The number of halogens is 1. The van der Waals surface area contributed by atoms with Gasteiger partial charge in [-0.2, -0.15) is 5.10 Å². The zero-order valence-electron chi connectivity index (χ0n) is 12.9. The summed E-state index contributed by atoms with van der Waals surface area (Å²) in [5.74, 6) is 0.940. The van der Waals surface area contributed by atoms with E-state index in [1.54, 1.807) is 4.68 Å². The number of fused-ring (bicyclic) bond motifs is 1. The van der Waals surface area contributed by atoms with E-state index in [0.717, 1.165) is 29.1 Å². The Morgan fingerprint density at radius 1 is 1.43 bits per heavy atom. The molecule has 2 aromatic rings. The van der Waals surface area contributed by atoms with Crippen molar-refractivity contribution in [2.45, 2.75) is 39.7 Å². The molecule has 6 nitrogen and oxygen atoms in total. The minimum Gasteiger partial charge on any atom is -0.368 e. The van der Waals surface area contributed by atoms with Crippen molar-refractivity contribution in [3.8, 4) is 0 Å². The highest BCUT2D eigenvalue weighted by molar-refractivity contribution is 6.17. The van der Waals surface area contributed by atoms with Gasteiger partial charge in [-0.3, -0.25) is 14.0 Å². The van der Waals surface area contributed by atoms with Gasteiger partial charge in [-0.15, -0.1) is 11.6 Å². The number of aromatic nitrogens is 4. The van der Waals surface area contributed by atoms with Gasteiger partial charge in [0.15, 0.2) is 5.65 Å². The van der Waals surface area contributed by atoms with Crippen LogP contribution in [0.25, 0.3) is 11.2 Å². The first-order valence-corrected chi connectivity index (χ1v) is 7.73. The van der Waals surface area contributed by atoms with E-state index in [4.69, 9.17) is 17.3 Å². The Morgan fingerprint density at radius 3 is 2.57 bits per heavy atom. The Kier molecular flexibility index (Phi) is 4.56. The van der Waals surface area contributed by atoms with Crippen molar-refractivity contribution in [3.63, 3.8) is 0 Å². The number of amides is 1. The number of aryl methyl sites for hydroxylation is 3. The number of hydrogen-bond donors (Lipinski definition) is 1. The second-order valence-corrected chi connectivity index (χ2v) is 5.90. The lowest BCUT2D eigenvalue weighted by molar-refractivity contribution is -0.122. The van der Waals surface area contributed by atoms with Crippen LogP contribution in [0, 0.1) is 5.92 Å². The molecule has 0 aromatic carbocycles. The van der Waals surface area contributed by atoms with Crippen LogP contribution >= 0.6 is 11.6 Å². The van der Waals surface area contributed by atoms with Crippen molar-refractivity contribution >= 4 is 28.7 Å². The summed E-state index contributed by atoms with van der Waals surface area (Å²) < 4.78 is 3.69. The largest absolute Gasteiger partial charge is 0.368 e. The van der Waals surface area contributed by atoms with E-state index in [1.807, 2.05) is 32.4 Å². The predicted octanol–water partition coefficient (Wildman–Crippen LogP) is 1.80. The monoisotopic (exact) mass is 311 g/mol. The molecule has 0 saturated heterocycles.